The third kappa shape index (κ3) is 6.16. The fourth-order valence-corrected chi connectivity index (χ4v) is 5.48. The molecule has 0 fully saturated rings. The zero-order valence-corrected chi connectivity index (χ0v) is 23.1. The van der Waals surface area contributed by atoms with Gasteiger partial charge in [0.2, 0.25) is 5.72 Å². The summed E-state index contributed by atoms with van der Waals surface area (Å²) in [5.74, 6) is 1.18. The van der Waals surface area contributed by atoms with Gasteiger partial charge in [0.15, 0.2) is 0 Å². The summed E-state index contributed by atoms with van der Waals surface area (Å²) in [5.41, 5.74) is 4.09. The second-order valence-corrected chi connectivity index (χ2v) is 9.80. The molecule has 0 saturated carbocycles. The highest BCUT2D eigenvalue weighted by Gasteiger charge is 2.50. The van der Waals surface area contributed by atoms with Crippen LogP contribution in [0.25, 0.3) is 0 Å². The number of anilines is 1. The molecular weight excluding hydrogens is 507 g/mol. The Balaban J connectivity index is 0.00000363. The Morgan fingerprint density at radius 2 is 1.41 bits per heavy atom. The molecule has 4 heteroatoms. The minimum absolute atomic E-state index is 0. The number of halogens is 1. The summed E-state index contributed by atoms with van der Waals surface area (Å²) in [6, 6.07) is 8.58. The van der Waals surface area contributed by atoms with Crippen molar-refractivity contribution in [3.63, 3.8) is 0 Å². The van der Waals surface area contributed by atoms with Crippen LogP contribution in [0, 0.1) is 0 Å². The zero-order chi connectivity index (χ0) is 22.3. The topological polar surface area (TPSA) is 26.5 Å². The summed E-state index contributed by atoms with van der Waals surface area (Å²) in [7, 11) is 2.13. The van der Waals surface area contributed by atoms with Crippen LogP contribution in [0.4, 0.5) is 5.69 Å². The van der Waals surface area contributed by atoms with Crippen molar-refractivity contribution in [2.45, 2.75) is 117 Å². The normalized spacial score (nSPS) is 19.8. The first kappa shape index (κ1) is 27.4. The molecule has 0 aromatic heterocycles. The number of unbranched alkanes of at least 4 members (excludes halogenated alkanes) is 11. The summed E-state index contributed by atoms with van der Waals surface area (Å²) in [6.45, 7) is 7.37. The van der Waals surface area contributed by atoms with Gasteiger partial charge in [-0.05, 0) is 26.3 Å². The molecule has 0 bridgehead atoms. The van der Waals surface area contributed by atoms with Crippen molar-refractivity contribution in [2.75, 3.05) is 11.9 Å². The Labute approximate surface area is 214 Å². The number of likely N-dealkylation sites (N-methyl/N-ethyl adjacent to an activating group) is 1. The minimum Gasteiger partial charge on any atom is -1.00 e. The van der Waals surface area contributed by atoms with E-state index in [0.717, 1.165) is 25.0 Å². The summed E-state index contributed by atoms with van der Waals surface area (Å²) < 4.78 is 2.25. The Morgan fingerprint density at radius 1 is 0.875 bits per heavy atom. The highest BCUT2D eigenvalue weighted by Crippen LogP contribution is 2.39. The van der Waals surface area contributed by atoms with Gasteiger partial charge in [-0.3, -0.25) is 0 Å². The summed E-state index contributed by atoms with van der Waals surface area (Å²) in [4.78, 5) is 2.26. The van der Waals surface area contributed by atoms with Crippen LogP contribution < -0.4 is 28.9 Å². The molecule has 3 nitrogen and oxygen atoms in total. The smallest absolute Gasteiger partial charge is 0.282 e. The number of hydrogen-bond acceptors (Lipinski definition) is 2. The molecule has 0 radical (unpaired) electrons. The van der Waals surface area contributed by atoms with Crippen molar-refractivity contribution in [2.24, 2.45) is 0 Å². The second kappa shape index (κ2) is 13.1. The average Bonchev–Trinajstić information content (AvgIpc) is 2.96. The standard InChI is InChI=1S/C28H45N2O.HI/c1-5-6-7-8-9-10-11-12-13-14-15-18-21-28(31)24(3)23(2)27-29(4)26-20-17-16-19-25(26)22-30(27)28;/h16-17,19-20,31H,5-15,18,21-22H2,1-4H3;1H/q+1;/p-1. The van der Waals surface area contributed by atoms with Crippen LogP contribution >= 0.6 is 0 Å². The van der Waals surface area contributed by atoms with Gasteiger partial charge in [0, 0.05) is 23.1 Å². The van der Waals surface area contributed by atoms with E-state index in [1.54, 1.807) is 0 Å². The Kier molecular flexibility index (Phi) is 11.2. The molecule has 1 aromatic carbocycles. The highest BCUT2D eigenvalue weighted by atomic mass is 127. The van der Waals surface area contributed by atoms with E-state index >= 15 is 0 Å². The summed E-state index contributed by atoms with van der Waals surface area (Å²) >= 11 is 0. The molecule has 1 atom stereocenters. The van der Waals surface area contributed by atoms with Gasteiger partial charge in [-0.25, -0.2) is 9.48 Å². The largest absolute Gasteiger partial charge is 1.00 e. The molecule has 1 aromatic rings. The van der Waals surface area contributed by atoms with Crippen molar-refractivity contribution >= 4 is 11.5 Å². The number of fused-ring (bicyclic) bond motifs is 1. The minimum atomic E-state index is -0.834. The maximum Gasteiger partial charge on any atom is 0.282 e. The van der Waals surface area contributed by atoms with E-state index in [0.29, 0.717) is 0 Å². The second-order valence-electron chi connectivity index (χ2n) is 9.80. The number of para-hydroxylation sites is 1. The van der Waals surface area contributed by atoms with Gasteiger partial charge in [0.25, 0.3) is 5.84 Å². The van der Waals surface area contributed by atoms with Crippen LogP contribution in [-0.2, 0) is 6.54 Å². The molecule has 0 amide bonds. The van der Waals surface area contributed by atoms with E-state index in [1.165, 1.54) is 93.3 Å². The van der Waals surface area contributed by atoms with Crippen LogP contribution in [0.15, 0.2) is 35.4 Å². The number of benzene rings is 1. The van der Waals surface area contributed by atoms with E-state index in [-0.39, 0.29) is 24.0 Å². The van der Waals surface area contributed by atoms with Crippen molar-refractivity contribution in [3.8, 4) is 0 Å². The fraction of sp³-hybridized carbons (Fsp3) is 0.679. The average molecular weight is 553 g/mol. The van der Waals surface area contributed by atoms with E-state index in [4.69, 9.17) is 0 Å². The van der Waals surface area contributed by atoms with E-state index in [1.807, 2.05) is 0 Å². The third-order valence-corrected chi connectivity index (χ3v) is 7.58. The Hall–Kier alpha value is -0.880. The first-order chi connectivity index (χ1) is 15.0. The molecule has 2 aliphatic heterocycles. The molecule has 180 valence electrons. The van der Waals surface area contributed by atoms with E-state index in [2.05, 4.69) is 61.6 Å². The number of hydrogen-bond donors (Lipinski definition) is 1. The van der Waals surface area contributed by atoms with E-state index in [9.17, 15) is 5.11 Å². The first-order valence-electron chi connectivity index (χ1n) is 12.9. The van der Waals surface area contributed by atoms with Gasteiger partial charge in [-0.15, -0.1) is 0 Å². The van der Waals surface area contributed by atoms with Crippen molar-refractivity contribution < 1.29 is 33.7 Å². The molecule has 0 aliphatic carbocycles. The van der Waals surface area contributed by atoms with Crippen LogP contribution in [-0.4, -0.2) is 28.3 Å². The molecule has 32 heavy (non-hydrogen) atoms. The van der Waals surface area contributed by atoms with Gasteiger partial charge in [-0.1, -0.05) is 95.8 Å². The van der Waals surface area contributed by atoms with Crippen molar-refractivity contribution in [1.82, 2.24) is 0 Å². The molecule has 1 N–H and O–H groups in total. The number of nitrogens with zero attached hydrogens (tertiary/aromatic N) is 2. The molecular formula is C28H45IN2O. The predicted octanol–water partition coefficient (Wildman–Crippen LogP) is 4.18. The molecule has 3 rings (SSSR count). The fourth-order valence-electron chi connectivity index (χ4n) is 5.48. The Bertz CT molecular complexity index is 800. The van der Waals surface area contributed by atoms with Crippen LogP contribution in [0.2, 0.25) is 0 Å². The van der Waals surface area contributed by atoms with Crippen molar-refractivity contribution in [1.29, 1.82) is 0 Å². The molecule has 0 spiro atoms. The maximum atomic E-state index is 11.8. The van der Waals surface area contributed by atoms with Crippen molar-refractivity contribution in [3.05, 3.63) is 41.0 Å². The lowest BCUT2D eigenvalue weighted by Crippen LogP contribution is -3.00. The number of aliphatic hydroxyl groups is 1. The molecule has 0 saturated heterocycles. The lowest BCUT2D eigenvalue weighted by atomic mass is 9.95. The summed E-state index contributed by atoms with van der Waals surface area (Å²) in [5, 5.41) is 11.8. The third-order valence-electron chi connectivity index (χ3n) is 7.58. The van der Waals surface area contributed by atoms with Gasteiger partial charge in [0.1, 0.15) is 12.2 Å². The van der Waals surface area contributed by atoms with Crippen LogP contribution in [0.5, 0.6) is 0 Å². The van der Waals surface area contributed by atoms with Gasteiger partial charge < -0.3 is 29.1 Å². The molecule has 2 aliphatic rings. The quantitative estimate of drug-likeness (QED) is 0.226. The first-order valence-corrected chi connectivity index (χ1v) is 12.9. The summed E-state index contributed by atoms with van der Waals surface area (Å²) in [6.07, 6.45) is 17.0. The maximum absolute atomic E-state index is 11.8. The molecule has 2 heterocycles. The van der Waals surface area contributed by atoms with Gasteiger partial charge in [-0.2, -0.15) is 0 Å². The Morgan fingerprint density at radius 3 is 2.00 bits per heavy atom. The lowest BCUT2D eigenvalue weighted by molar-refractivity contribution is -0.657. The molecule has 1 unspecified atom stereocenters. The predicted molar refractivity (Wildman–Crippen MR) is 133 cm³/mol. The number of amidine groups is 1. The monoisotopic (exact) mass is 552 g/mol. The number of rotatable bonds is 13. The van der Waals surface area contributed by atoms with Crippen LogP contribution in [0.1, 0.15) is 110 Å². The van der Waals surface area contributed by atoms with Gasteiger partial charge >= 0.3 is 0 Å². The zero-order valence-electron chi connectivity index (χ0n) is 20.9. The van der Waals surface area contributed by atoms with Gasteiger partial charge in [0.05, 0.1) is 7.05 Å². The lowest BCUT2D eigenvalue weighted by Gasteiger charge is -2.31. The van der Waals surface area contributed by atoms with E-state index < -0.39 is 5.72 Å². The SMILES string of the molecule is CCCCCCCCCCCCCCC1(O)C(C)=C(C)C2=[N+]1Cc1ccccc1N2C.[I-]. The van der Waals surface area contributed by atoms with Crippen LogP contribution in [0.3, 0.4) is 0 Å². The highest BCUT2D eigenvalue weighted by molar-refractivity contribution is 6.08.